The van der Waals surface area contributed by atoms with Gasteiger partial charge < -0.3 is 14.8 Å². The molecule has 0 radical (unpaired) electrons. The summed E-state index contributed by atoms with van der Waals surface area (Å²) in [5.41, 5.74) is 3.85. The summed E-state index contributed by atoms with van der Waals surface area (Å²) in [5.74, 6) is 0.905. The fourth-order valence-electron chi connectivity index (χ4n) is 3.06. The summed E-state index contributed by atoms with van der Waals surface area (Å²) in [5, 5.41) is 3.38. The van der Waals surface area contributed by atoms with Crippen molar-refractivity contribution in [1.82, 2.24) is 5.32 Å². The summed E-state index contributed by atoms with van der Waals surface area (Å²) in [4.78, 5) is 0. The Balaban J connectivity index is 1.78. The maximum Gasteiger partial charge on any atom is 0.122 e. The zero-order valence-electron chi connectivity index (χ0n) is 12.5. The predicted octanol–water partition coefficient (Wildman–Crippen LogP) is 3.10. The van der Waals surface area contributed by atoms with Gasteiger partial charge in [-0.15, -0.1) is 0 Å². The first-order valence-electron chi connectivity index (χ1n) is 7.31. The van der Waals surface area contributed by atoms with Crippen molar-refractivity contribution in [1.29, 1.82) is 0 Å². The second kappa shape index (κ2) is 6.29. The molecule has 0 amide bonds. The van der Waals surface area contributed by atoms with Gasteiger partial charge in [0, 0.05) is 13.5 Å². The van der Waals surface area contributed by atoms with Crippen molar-refractivity contribution < 1.29 is 9.47 Å². The molecule has 1 N–H and O–H groups in total. The molecule has 0 aromatic heterocycles. The van der Waals surface area contributed by atoms with E-state index in [4.69, 9.17) is 9.47 Å². The molecule has 0 bridgehead atoms. The van der Waals surface area contributed by atoms with Crippen LogP contribution in [-0.2, 0) is 17.8 Å². The van der Waals surface area contributed by atoms with Crippen molar-refractivity contribution in [2.45, 2.75) is 25.2 Å². The molecule has 21 heavy (non-hydrogen) atoms. The highest BCUT2D eigenvalue weighted by Gasteiger charge is 2.32. The van der Waals surface area contributed by atoms with Crippen LogP contribution in [0.5, 0.6) is 5.75 Å². The summed E-state index contributed by atoms with van der Waals surface area (Å²) in [6, 6.07) is 16.9. The third-order valence-corrected chi connectivity index (χ3v) is 3.99. The number of benzene rings is 2. The van der Waals surface area contributed by atoms with E-state index >= 15 is 0 Å². The number of likely N-dealkylation sites (N-methyl/N-ethyl adjacent to an activating group) is 1. The first-order valence-corrected chi connectivity index (χ1v) is 7.31. The van der Waals surface area contributed by atoms with E-state index in [0.29, 0.717) is 6.61 Å². The fourth-order valence-corrected chi connectivity index (χ4v) is 3.06. The highest BCUT2D eigenvalue weighted by molar-refractivity contribution is 5.37. The quantitative estimate of drug-likeness (QED) is 0.914. The monoisotopic (exact) mass is 283 g/mol. The third-order valence-electron chi connectivity index (χ3n) is 3.99. The lowest BCUT2D eigenvalue weighted by molar-refractivity contribution is 0.168. The molecule has 1 aliphatic rings. The largest absolute Gasteiger partial charge is 0.488 e. The van der Waals surface area contributed by atoms with E-state index in [0.717, 1.165) is 17.7 Å². The Morgan fingerprint density at radius 2 is 2.00 bits per heavy atom. The SMILES string of the molecule is CNC1c2ccccc2CC1Oc1cccc(COC)c1. The lowest BCUT2D eigenvalue weighted by Crippen LogP contribution is -2.30. The van der Waals surface area contributed by atoms with Crippen molar-refractivity contribution in [3.8, 4) is 5.75 Å². The number of rotatable bonds is 5. The third kappa shape index (κ3) is 2.94. The van der Waals surface area contributed by atoms with Gasteiger partial charge >= 0.3 is 0 Å². The van der Waals surface area contributed by atoms with Crippen LogP contribution in [0.25, 0.3) is 0 Å². The maximum absolute atomic E-state index is 6.23. The molecule has 3 heteroatoms. The van der Waals surface area contributed by atoms with E-state index in [-0.39, 0.29) is 12.1 Å². The Morgan fingerprint density at radius 1 is 1.14 bits per heavy atom. The maximum atomic E-state index is 6.23. The molecule has 2 aromatic rings. The van der Waals surface area contributed by atoms with Crippen LogP contribution in [0.2, 0.25) is 0 Å². The molecule has 0 saturated heterocycles. The topological polar surface area (TPSA) is 30.5 Å². The molecule has 3 rings (SSSR count). The number of ether oxygens (including phenoxy) is 2. The Kier molecular flexibility index (Phi) is 4.23. The molecule has 2 unspecified atom stereocenters. The average Bonchev–Trinajstić information content (AvgIpc) is 2.85. The first-order chi connectivity index (χ1) is 10.3. The van der Waals surface area contributed by atoms with E-state index < -0.39 is 0 Å². The number of hydrogen-bond donors (Lipinski definition) is 1. The van der Waals surface area contributed by atoms with Crippen LogP contribution in [0.1, 0.15) is 22.7 Å². The molecule has 2 aromatic carbocycles. The zero-order valence-corrected chi connectivity index (χ0v) is 12.5. The summed E-state index contributed by atoms with van der Waals surface area (Å²) < 4.78 is 11.4. The first kappa shape index (κ1) is 14.1. The lowest BCUT2D eigenvalue weighted by Gasteiger charge is -2.21. The summed E-state index contributed by atoms with van der Waals surface area (Å²) in [7, 11) is 3.70. The molecule has 0 aliphatic heterocycles. The zero-order chi connectivity index (χ0) is 14.7. The molecule has 0 spiro atoms. The standard InChI is InChI=1S/C18H21NO2/c1-19-18-16-9-4-3-7-14(16)11-17(18)21-15-8-5-6-13(10-15)12-20-2/h3-10,17-19H,11-12H2,1-2H3. The average molecular weight is 283 g/mol. The molecule has 3 nitrogen and oxygen atoms in total. The minimum Gasteiger partial charge on any atom is -0.488 e. The van der Waals surface area contributed by atoms with Crippen molar-refractivity contribution in [3.05, 3.63) is 65.2 Å². The van der Waals surface area contributed by atoms with E-state index in [9.17, 15) is 0 Å². The van der Waals surface area contributed by atoms with Gasteiger partial charge in [0.05, 0.1) is 12.6 Å². The number of methoxy groups -OCH3 is 1. The lowest BCUT2D eigenvalue weighted by atomic mass is 10.1. The van der Waals surface area contributed by atoms with Crippen molar-refractivity contribution >= 4 is 0 Å². The molecule has 0 heterocycles. The predicted molar refractivity (Wildman–Crippen MR) is 83.5 cm³/mol. The van der Waals surface area contributed by atoms with Crippen LogP contribution < -0.4 is 10.1 Å². The van der Waals surface area contributed by atoms with E-state index in [1.807, 2.05) is 19.2 Å². The van der Waals surface area contributed by atoms with E-state index in [1.165, 1.54) is 11.1 Å². The van der Waals surface area contributed by atoms with E-state index in [1.54, 1.807) is 7.11 Å². The second-order valence-electron chi connectivity index (χ2n) is 5.41. The van der Waals surface area contributed by atoms with Gasteiger partial charge in [-0.25, -0.2) is 0 Å². The highest BCUT2D eigenvalue weighted by Crippen LogP contribution is 2.33. The molecule has 2 atom stereocenters. The minimum atomic E-state index is 0.130. The molecule has 110 valence electrons. The van der Waals surface area contributed by atoms with Gasteiger partial charge in [0.25, 0.3) is 0 Å². The van der Waals surface area contributed by atoms with Gasteiger partial charge in [0.1, 0.15) is 11.9 Å². The van der Waals surface area contributed by atoms with E-state index in [2.05, 4.69) is 41.7 Å². The number of nitrogens with one attached hydrogen (secondary N) is 1. The minimum absolute atomic E-state index is 0.130. The molecular formula is C18H21NO2. The summed E-state index contributed by atoms with van der Waals surface area (Å²) >= 11 is 0. The van der Waals surface area contributed by atoms with Gasteiger partial charge in [-0.3, -0.25) is 0 Å². The fraction of sp³-hybridized carbons (Fsp3) is 0.333. The highest BCUT2D eigenvalue weighted by atomic mass is 16.5. The summed E-state index contributed by atoms with van der Waals surface area (Å²) in [6.07, 6.45) is 1.07. The van der Waals surface area contributed by atoms with Crippen molar-refractivity contribution in [2.75, 3.05) is 14.2 Å². The molecular weight excluding hydrogens is 262 g/mol. The molecule has 0 saturated carbocycles. The van der Waals surface area contributed by atoms with Crippen molar-refractivity contribution in [3.63, 3.8) is 0 Å². The van der Waals surface area contributed by atoms with Gasteiger partial charge in [0.15, 0.2) is 0 Å². The smallest absolute Gasteiger partial charge is 0.122 e. The molecule has 0 fully saturated rings. The van der Waals surface area contributed by atoms with Crippen molar-refractivity contribution in [2.24, 2.45) is 0 Å². The van der Waals surface area contributed by atoms with Crippen LogP contribution >= 0.6 is 0 Å². The number of fused-ring (bicyclic) bond motifs is 1. The summed E-state index contributed by atoms with van der Waals surface area (Å²) in [6.45, 7) is 0.609. The Labute approximate surface area is 125 Å². The van der Waals surface area contributed by atoms with Crippen LogP contribution in [-0.4, -0.2) is 20.3 Å². The van der Waals surface area contributed by atoms with Crippen LogP contribution in [0, 0.1) is 0 Å². The van der Waals surface area contributed by atoms with Crippen LogP contribution in [0.3, 0.4) is 0 Å². The van der Waals surface area contributed by atoms with Gasteiger partial charge in [-0.2, -0.15) is 0 Å². The molecule has 1 aliphatic carbocycles. The Bertz CT molecular complexity index is 612. The second-order valence-corrected chi connectivity index (χ2v) is 5.41. The Morgan fingerprint density at radius 3 is 2.81 bits per heavy atom. The van der Waals surface area contributed by atoms with Gasteiger partial charge in [0.2, 0.25) is 0 Å². The van der Waals surface area contributed by atoms with Gasteiger partial charge in [-0.1, -0.05) is 36.4 Å². The van der Waals surface area contributed by atoms with Crippen LogP contribution in [0.4, 0.5) is 0 Å². The Hall–Kier alpha value is -1.84. The van der Waals surface area contributed by atoms with Gasteiger partial charge in [-0.05, 0) is 35.9 Å². The van der Waals surface area contributed by atoms with Crippen LogP contribution in [0.15, 0.2) is 48.5 Å². The normalized spacial score (nSPS) is 20.3. The number of hydrogen-bond acceptors (Lipinski definition) is 3.